The fourth-order valence-corrected chi connectivity index (χ4v) is 0.692. The maximum absolute atomic E-state index is 10.8. The summed E-state index contributed by atoms with van der Waals surface area (Å²) in [7, 11) is 1.37. The molecule has 0 unspecified atom stereocenters. The van der Waals surface area contributed by atoms with E-state index in [9.17, 15) is 9.59 Å². The van der Waals surface area contributed by atoms with Gasteiger partial charge in [-0.05, 0) is 26.0 Å². The van der Waals surface area contributed by atoms with Crippen LogP contribution in [0.1, 0.15) is 24.2 Å². The standard InChI is InChI=1S/C8H8O2.C3H6O/c1-10-8(9)7-5-3-2-4-6-7;1-3(2)4/h2-6H,1H3;1-2H3. The highest BCUT2D eigenvalue weighted by molar-refractivity contribution is 5.89. The van der Waals surface area contributed by atoms with Gasteiger partial charge in [0.15, 0.2) is 0 Å². The van der Waals surface area contributed by atoms with Crippen molar-refractivity contribution >= 4 is 11.8 Å². The second-order valence-electron chi connectivity index (χ2n) is 2.77. The molecule has 14 heavy (non-hydrogen) atoms. The van der Waals surface area contributed by atoms with Gasteiger partial charge in [-0.3, -0.25) is 0 Å². The zero-order valence-corrected chi connectivity index (χ0v) is 8.61. The molecule has 0 fully saturated rings. The molecule has 1 rings (SSSR count). The van der Waals surface area contributed by atoms with Gasteiger partial charge in [-0.15, -0.1) is 0 Å². The maximum Gasteiger partial charge on any atom is 0.337 e. The fraction of sp³-hybridized carbons (Fsp3) is 0.273. The Kier molecular flexibility index (Phi) is 6.03. The van der Waals surface area contributed by atoms with Crippen LogP contribution in [0.3, 0.4) is 0 Å². The third kappa shape index (κ3) is 5.94. The Hall–Kier alpha value is -1.64. The van der Waals surface area contributed by atoms with Gasteiger partial charge in [0.1, 0.15) is 5.78 Å². The summed E-state index contributed by atoms with van der Waals surface area (Å²) in [6, 6.07) is 8.88. The van der Waals surface area contributed by atoms with Crippen molar-refractivity contribution in [2.45, 2.75) is 13.8 Å². The Morgan fingerprint density at radius 3 is 1.86 bits per heavy atom. The van der Waals surface area contributed by atoms with Crippen molar-refractivity contribution in [3.63, 3.8) is 0 Å². The lowest BCUT2D eigenvalue weighted by molar-refractivity contribution is -0.114. The molecule has 3 heteroatoms. The van der Waals surface area contributed by atoms with Crippen LogP contribution in [0.5, 0.6) is 0 Å². The van der Waals surface area contributed by atoms with Gasteiger partial charge in [-0.25, -0.2) is 4.79 Å². The van der Waals surface area contributed by atoms with E-state index in [0.717, 1.165) is 0 Å². The normalized spacial score (nSPS) is 8.21. The number of hydrogen-bond donors (Lipinski definition) is 0. The minimum absolute atomic E-state index is 0.167. The smallest absolute Gasteiger partial charge is 0.337 e. The van der Waals surface area contributed by atoms with Gasteiger partial charge in [-0.1, -0.05) is 18.2 Å². The van der Waals surface area contributed by atoms with Crippen LogP contribution in [0.2, 0.25) is 0 Å². The van der Waals surface area contributed by atoms with E-state index in [2.05, 4.69) is 4.74 Å². The number of benzene rings is 1. The molecule has 0 heterocycles. The Bertz CT molecular complexity index is 287. The summed E-state index contributed by atoms with van der Waals surface area (Å²) < 4.78 is 4.50. The second-order valence-corrected chi connectivity index (χ2v) is 2.77. The topological polar surface area (TPSA) is 43.4 Å². The minimum atomic E-state index is -0.291. The van der Waals surface area contributed by atoms with Gasteiger partial charge >= 0.3 is 5.97 Å². The summed E-state index contributed by atoms with van der Waals surface area (Å²) in [4.78, 5) is 20.2. The number of rotatable bonds is 1. The average molecular weight is 194 g/mol. The van der Waals surface area contributed by atoms with Crippen molar-refractivity contribution in [1.29, 1.82) is 0 Å². The predicted octanol–water partition coefficient (Wildman–Crippen LogP) is 2.07. The van der Waals surface area contributed by atoms with E-state index < -0.39 is 0 Å². The molecule has 76 valence electrons. The number of hydrogen-bond acceptors (Lipinski definition) is 3. The zero-order chi connectivity index (χ0) is 11.0. The minimum Gasteiger partial charge on any atom is -0.465 e. The van der Waals surface area contributed by atoms with E-state index in [0.29, 0.717) is 5.56 Å². The quantitative estimate of drug-likeness (QED) is 0.643. The van der Waals surface area contributed by atoms with Crippen LogP contribution in [0.15, 0.2) is 30.3 Å². The van der Waals surface area contributed by atoms with Crippen LogP contribution in [0.25, 0.3) is 0 Å². The summed E-state index contributed by atoms with van der Waals surface area (Å²) in [5, 5.41) is 0. The van der Waals surface area contributed by atoms with Gasteiger partial charge in [0.25, 0.3) is 0 Å². The molecule has 0 atom stereocenters. The molecule has 1 aromatic rings. The number of ketones is 1. The number of ether oxygens (including phenoxy) is 1. The molecule has 1 aromatic carbocycles. The van der Waals surface area contributed by atoms with Crippen LogP contribution < -0.4 is 0 Å². The van der Waals surface area contributed by atoms with E-state index in [1.165, 1.54) is 21.0 Å². The Balaban J connectivity index is 0.000000364. The highest BCUT2D eigenvalue weighted by Crippen LogP contribution is 1.98. The lowest BCUT2D eigenvalue weighted by atomic mass is 10.2. The molecule has 0 saturated carbocycles. The van der Waals surface area contributed by atoms with Crippen molar-refractivity contribution in [2.75, 3.05) is 7.11 Å². The van der Waals surface area contributed by atoms with E-state index >= 15 is 0 Å². The molecule has 0 bridgehead atoms. The summed E-state index contributed by atoms with van der Waals surface area (Å²) in [6.07, 6.45) is 0. The first-order valence-electron chi connectivity index (χ1n) is 4.18. The van der Waals surface area contributed by atoms with E-state index in [1.807, 2.05) is 6.07 Å². The average Bonchev–Trinajstić information content (AvgIpc) is 2.17. The van der Waals surface area contributed by atoms with Crippen LogP contribution in [-0.2, 0) is 9.53 Å². The van der Waals surface area contributed by atoms with Gasteiger partial charge in [0.2, 0.25) is 0 Å². The molecule has 3 nitrogen and oxygen atoms in total. The molecule has 0 aromatic heterocycles. The molecule has 0 aliphatic rings. The highest BCUT2D eigenvalue weighted by Gasteiger charge is 2.00. The Morgan fingerprint density at radius 1 is 1.07 bits per heavy atom. The van der Waals surface area contributed by atoms with Gasteiger partial charge in [0.05, 0.1) is 12.7 Å². The molecule has 0 amide bonds. The third-order valence-electron chi connectivity index (χ3n) is 1.19. The van der Waals surface area contributed by atoms with Gasteiger partial charge in [0, 0.05) is 0 Å². The van der Waals surface area contributed by atoms with Crippen LogP contribution in [0, 0.1) is 0 Å². The SMILES string of the molecule is CC(C)=O.COC(=O)c1ccccc1. The highest BCUT2D eigenvalue weighted by atomic mass is 16.5. The van der Waals surface area contributed by atoms with Crippen molar-refractivity contribution in [2.24, 2.45) is 0 Å². The van der Waals surface area contributed by atoms with Crippen molar-refractivity contribution < 1.29 is 14.3 Å². The van der Waals surface area contributed by atoms with E-state index in [1.54, 1.807) is 24.3 Å². The van der Waals surface area contributed by atoms with Crippen molar-refractivity contribution in [3.05, 3.63) is 35.9 Å². The lowest BCUT2D eigenvalue weighted by Crippen LogP contribution is -1.99. The summed E-state index contributed by atoms with van der Waals surface area (Å²) in [5.74, 6) is -0.124. The summed E-state index contributed by atoms with van der Waals surface area (Å²) in [5.41, 5.74) is 0.588. The first-order chi connectivity index (χ1) is 6.57. The van der Waals surface area contributed by atoms with Crippen LogP contribution >= 0.6 is 0 Å². The largest absolute Gasteiger partial charge is 0.465 e. The van der Waals surface area contributed by atoms with Crippen LogP contribution in [-0.4, -0.2) is 18.9 Å². The molecule has 0 aliphatic carbocycles. The number of carbonyl (C=O) groups is 2. The number of Topliss-reactive ketones (excluding diaryl/α,β-unsaturated/α-hetero) is 1. The zero-order valence-electron chi connectivity index (χ0n) is 8.61. The summed E-state index contributed by atoms with van der Waals surface area (Å²) >= 11 is 0. The molecule has 0 spiro atoms. The molecule has 0 N–H and O–H groups in total. The number of methoxy groups -OCH3 is 1. The first kappa shape index (κ1) is 12.4. The van der Waals surface area contributed by atoms with Crippen molar-refractivity contribution in [1.82, 2.24) is 0 Å². The Labute approximate surface area is 83.7 Å². The van der Waals surface area contributed by atoms with Gasteiger partial charge < -0.3 is 9.53 Å². The summed E-state index contributed by atoms with van der Waals surface area (Å²) in [6.45, 7) is 3.06. The van der Waals surface area contributed by atoms with Crippen molar-refractivity contribution in [3.8, 4) is 0 Å². The fourth-order valence-electron chi connectivity index (χ4n) is 0.692. The first-order valence-corrected chi connectivity index (χ1v) is 4.18. The second kappa shape index (κ2) is 6.83. The maximum atomic E-state index is 10.8. The van der Waals surface area contributed by atoms with E-state index in [4.69, 9.17) is 0 Å². The molecule has 0 radical (unpaired) electrons. The monoisotopic (exact) mass is 194 g/mol. The molecule has 0 aliphatic heterocycles. The third-order valence-corrected chi connectivity index (χ3v) is 1.19. The number of carbonyl (C=O) groups excluding carboxylic acids is 2. The number of esters is 1. The predicted molar refractivity (Wildman–Crippen MR) is 54.1 cm³/mol. The van der Waals surface area contributed by atoms with Gasteiger partial charge in [-0.2, -0.15) is 0 Å². The Morgan fingerprint density at radius 2 is 1.50 bits per heavy atom. The van der Waals surface area contributed by atoms with E-state index in [-0.39, 0.29) is 11.8 Å². The van der Waals surface area contributed by atoms with Crippen LogP contribution in [0.4, 0.5) is 0 Å². The molecule has 0 saturated heterocycles. The lowest BCUT2D eigenvalue weighted by Gasteiger charge is -1.95. The molecular weight excluding hydrogens is 180 g/mol. The molecular formula is C11H14O3.